The average Bonchev–Trinajstić information content (AvgIpc) is 2.31. The molecular weight excluding hydrogens is 271 g/mol. The van der Waals surface area contributed by atoms with Crippen LogP contribution in [0.2, 0.25) is 0 Å². The predicted octanol–water partition coefficient (Wildman–Crippen LogP) is 1.21. The van der Waals surface area contributed by atoms with Crippen molar-refractivity contribution in [1.82, 2.24) is 4.31 Å². The van der Waals surface area contributed by atoms with E-state index in [9.17, 15) is 12.8 Å². The lowest BCUT2D eigenvalue weighted by atomic mass is 10.2. The third-order valence-electron chi connectivity index (χ3n) is 3.11. The second-order valence-electron chi connectivity index (χ2n) is 4.73. The minimum Gasteiger partial charge on any atom is -0.398 e. The van der Waals surface area contributed by atoms with Crippen LogP contribution >= 0.6 is 0 Å². The van der Waals surface area contributed by atoms with Crippen molar-refractivity contribution in [3.05, 3.63) is 24.0 Å². The van der Waals surface area contributed by atoms with Crippen LogP contribution < -0.4 is 5.73 Å². The molecule has 2 unspecified atom stereocenters. The zero-order valence-electron chi connectivity index (χ0n) is 10.8. The van der Waals surface area contributed by atoms with Crippen molar-refractivity contribution in [2.75, 3.05) is 18.9 Å². The topological polar surface area (TPSA) is 72.6 Å². The van der Waals surface area contributed by atoms with Crippen molar-refractivity contribution in [1.29, 1.82) is 0 Å². The highest BCUT2D eigenvalue weighted by atomic mass is 32.2. The van der Waals surface area contributed by atoms with E-state index in [1.165, 1.54) is 16.4 Å². The van der Waals surface area contributed by atoms with E-state index in [-0.39, 0.29) is 31.0 Å². The van der Waals surface area contributed by atoms with Gasteiger partial charge in [-0.3, -0.25) is 0 Å². The highest BCUT2D eigenvalue weighted by Gasteiger charge is 2.36. The van der Waals surface area contributed by atoms with Crippen LogP contribution in [0.4, 0.5) is 10.1 Å². The first-order valence-corrected chi connectivity index (χ1v) is 7.45. The number of ether oxygens (including phenoxy) is 1. The standard InChI is InChI=1S/C12H17FN2O3S/c1-8-7-18-9(2)6-15(8)19(16,17)12-10(13)4-3-5-11(12)14/h3-5,8-9H,6-7,14H2,1-2H3. The first kappa shape index (κ1) is 14.2. The molecule has 7 heteroatoms. The Hall–Kier alpha value is -1.18. The van der Waals surface area contributed by atoms with Crippen LogP contribution in [0.25, 0.3) is 0 Å². The molecule has 0 spiro atoms. The minimum absolute atomic E-state index is 0.0775. The lowest BCUT2D eigenvalue weighted by molar-refractivity contribution is -0.0171. The maximum Gasteiger partial charge on any atom is 0.248 e. The fraction of sp³-hybridized carbons (Fsp3) is 0.500. The first-order chi connectivity index (χ1) is 8.84. The molecule has 19 heavy (non-hydrogen) atoms. The zero-order chi connectivity index (χ0) is 14.2. The van der Waals surface area contributed by atoms with Crippen molar-refractivity contribution in [3.8, 4) is 0 Å². The van der Waals surface area contributed by atoms with Crippen LogP contribution in [0, 0.1) is 5.82 Å². The summed E-state index contributed by atoms with van der Waals surface area (Å²) in [4.78, 5) is -0.448. The van der Waals surface area contributed by atoms with Crippen molar-refractivity contribution in [3.63, 3.8) is 0 Å². The number of hydrogen-bond acceptors (Lipinski definition) is 4. The molecule has 0 aromatic heterocycles. The monoisotopic (exact) mass is 288 g/mol. The van der Waals surface area contributed by atoms with Crippen LogP contribution in [0.1, 0.15) is 13.8 Å². The summed E-state index contributed by atoms with van der Waals surface area (Å²) in [6, 6.07) is 3.51. The number of sulfonamides is 1. The summed E-state index contributed by atoms with van der Waals surface area (Å²) in [5, 5.41) is 0. The highest BCUT2D eigenvalue weighted by molar-refractivity contribution is 7.89. The Bertz CT molecular complexity index is 556. The fourth-order valence-electron chi connectivity index (χ4n) is 2.12. The van der Waals surface area contributed by atoms with E-state index in [0.29, 0.717) is 0 Å². The minimum atomic E-state index is -3.95. The van der Waals surface area contributed by atoms with Gasteiger partial charge in [0.15, 0.2) is 0 Å². The molecule has 0 saturated carbocycles. The molecule has 0 amide bonds. The van der Waals surface area contributed by atoms with Crippen molar-refractivity contribution < 1.29 is 17.5 Å². The fourth-order valence-corrected chi connectivity index (χ4v) is 3.98. The number of rotatable bonds is 2. The van der Waals surface area contributed by atoms with Crippen LogP contribution in [-0.4, -0.2) is 38.0 Å². The molecule has 1 fully saturated rings. The summed E-state index contributed by atoms with van der Waals surface area (Å²) >= 11 is 0. The molecule has 106 valence electrons. The summed E-state index contributed by atoms with van der Waals surface area (Å²) in [6.45, 7) is 3.98. The van der Waals surface area contributed by atoms with Gasteiger partial charge in [-0.05, 0) is 26.0 Å². The van der Waals surface area contributed by atoms with Crippen LogP contribution in [0.5, 0.6) is 0 Å². The molecule has 1 saturated heterocycles. The van der Waals surface area contributed by atoms with Crippen molar-refractivity contribution in [2.24, 2.45) is 0 Å². The molecule has 1 heterocycles. The van der Waals surface area contributed by atoms with Gasteiger partial charge >= 0.3 is 0 Å². The second-order valence-corrected chi connectivity index (χ2v) is 6.55. The molecule has 1 aromatic rings. The van der Waals surface area contributed by atoms with E-state index in [4.69, 9.17) is 10.5 Å². The molecule has 1 aromatic carbocycles. The Morgan fingerprint density at radius 2 is 2.11 bits per heavy atom. The highest BCUT2D eigenvalue weighted by Crippen LogP contribution is 2.28. The molecule has 1 aliphatic heterocycles. The van der Waals surface area contributed by atoms with Crippen LogP contribution in [0.3, 0.4) is 0 Å². The van der Waals surface area contributed by atoms with Gasteiger partial charge in [0.05, 0.1) is 18.4 Å². The van der Waals surface area contributed by atoms with E-state index >= 15 is 0 Å². The number of halogens is 1. The van der Waals surface area contributed by atoms with Crippen molar-refractivity contribution in [2.45, 2.75) is 30.9 Å². The van der Waals surface area contributed by atoms with Gasteiger partial charge in [0.25, 0.3) is 0 Å². The predicted molar refractivity (Wildman–Crippen MR) is 69.6 cm³/mol. The summed E-state index contributed by atoms with van der Waals surface area (Å²) in [6.07, 6.45) is -0.223. The lowest BCUT2D eigenvalue weighted by Gasteiger charge is -2.35. The summed E-state index contributed by atoms with van der Waals surface area (Å²) in [7, 11) is -3.95. The van der Waals surface area contributed by atoms with E-state index < -0.39 is 20.7 Å². The SMILES string of the molecule is CC1CN(S(=O)(=O)c2c(N)cccc2F)C(C)CO1. The van der Waals surface area contributed by atoms with Gasteiger partial charge in [0.1, 0.15) is 10.7 Å². The number of nitrogen functional groups attached to an aromatic ring is 1. The number of anilines is 1. The van der Waals surface area contributed by atoms with Gasteiger partial charge in [-0.15, -0.1) is 0 Å². The zero-order valence-corrected chi connectivity index (χ0v) is 11.7. The summed E-state index contributed by atoms with van der Waals surface area (Å²) in [5.41, 5.74) is 5.54. The largest absolute Gasteiger partial charge is 0.398 e. The van der Waals surface area contributed by atoms with Gasteiger partial charge in [-0.2, -0.15) is 4.31 Å². The maximum absolute atomic E-state index is 13.8. The Morgan fingerprint density at radius 3 is 2.74 bits per heavy atom. The van der Waals surface area contributed by atoms with Gasteiger partial charge in [-0.1, -0.05) is 6.07 Å². The summed E-state index contributed by atoms with van der Waals surface area (Å²) < 4.78 is 45.5. The quantitative estimate of drug-likeness (QED) is 0.830. The van der Waals surface area contributed by atoms with Gasteiger partial charge < -0.3 is 10.5 Å². The Morgan fingerprint density at radius 1 is 1.42 bits per heavy atom. The second kappa shape index (κ2) is 5.07. The van der Waals surface area contributed by atoms with Crippen molar-refractivity contribution >= 4 is 15.7 Å². The van der Waals surface area contributed by atoms with Crippen LogP contribution in [0.15, 0.2) is 23.1 Å². The third-order valence-corrected chi connectivity index (χ3v) is 5.19. The van der Waals surface area contributed by atoms with Gasteiger partial charge in [-0.25, -0.2) is 12.8 Å². The molecular formula is C12H17FN2O3S. The lowest BCUT2D eigenvalue weighted by Crippen LogP contribution is -2.50. The van der Waals surface area contributed by atoms with E-state index in [1.54, 1.807) is 13.8 Å². The molecule has 2 N–H and O–H groups in total. The number of nitrogens with two attached hydrogens (primary N) is 1. The number of hydrogen-bond donors (Lipinski definition) is 1. The number of morpholine rings is 1. The smallest absolute Gasteiger partial charge is 0.248 e. The van der Waals surface area contributed by atoms with Crippen LogP contribution in [-0.2, 0) is 14.8 Å². The number of nitrogens with zero attached hydrogens (tertiary/aromatic N) is 1. The van der Waals surface area contributed by atoms with Gasteiger partial charge in [0.2, 0.25) is 10.0 Å². The Labute approximate surface area is 112 Å². The number of benzene rings is 1. The molecule has 0 radical (unpaired) electrons. The van der Waals surface area contributed by atoms with E-state index in [0.717, 1.165) is 6.07 Å². The average molecular weight is 288 g/mol. The molecule has 5 nitrogen and oxygen atoms in total. The van der Waals surface area contributed by atoms with Gasteiger partial charge in [0, 0.05) is 12.6 Å². The van der Waals surface area contributed by atoms with E-state index in [2.05, 4.69) is 0 Å². The molecule has 0 bridgehead atoms. The van der Waals surface area contributed by atoms with E-state index in [1.807, 2.05) is 0 Å². The third kappa shape index (κ3) is 2.58. The molecule has 0 aliphatic carbocycles. The first-order valence-electron chi connectivity index (χ1n) is 6.01. The Kier molecular flexibility index (Phi) is 3.80. The molecule has 2 rings (SSSR count). The molecule has 1 aliphatic rings. The maximum atomic E-state index is 13.8. The molecule has 2 atom stereocenters. The Balaban J connectivity index is 2.47. The summed E-state index contributed by atoms with van der Waals surface area (Å²) in [5.74, 6) is -0.827. The normalized spacial score (nSPS) is 25.4.